The minimum Gasteiger partial charge on any atom is -0.351 e. The number of hydrogen-bond acceptors (Lipinski definition) is 2. The molecule has 0 aliphatic heterocycles. The minimum atomic E-state index is -0.00152. The van der Waals surface area contributed by atoms with E-state index < -0.39 is 0 Å². The number of unbranched alkanes of at least 4 members (excludes halogenated alkanes) is 9. The van der Waals surface area contributed by atoms with Gasteiger partial charge >= 0.3 is 0 Å². The summed E-state index contributed by atoms with van der Waals surface area (Å²) in [6, 6.07) is 3.63. The third kappa shape index (κ3) is 11.0. The predicted molar refractivity (Wildman–Crippen MR) is 119 cm³/mol. The Morgan fingerprint density at radius 3 is 2.07 bits per heavy atom. The SMILES string of the molecule is CCCCCCCCCCCCNC(=O)C[n+]1cccc(C(=O)N(CC)CC)c1. The summed E-state index contributed by atoms with van der Waals surface area (Å²) in [6.07, 6.45) is 16.5. The molecule has 0 saturated carbocycles. The van der Waals surface area contributed by atoms with Crippen LogP contribution >= 0.6 is 0 Å². The van der Waals surface area contributed by atoms with Gasteiger partial charge < -0.3 is 10.2 Å². The monoisotopic (exact) mass is 404 g/mol. The van der Waals surface area contributed by atoms with Gasteiger partial charge in [-0.25, -0.2) is 0 Å². The van der Waals surface area contributed by atoms with Gasteiger partial charge in [-0.2, -0.15) is 4.57 Å². The molecule has 1 rings (SSSR count). The van der Waals surface area contributed by atoms with Gasteiger partial charge in [-0.05, 0) is 26.3 Å². The molecule has 1 aromatic rings. The van der Waals surface area contributed by atoms with E-state index in [1.54, 1.807) is 21.7 Å². The molecule has 0 fully saturated rings. The second-order valence-electron chi connectivity index (χ2n) is 7.77. The fraction of sp³-hybridized carbons (Fsp3) is 0.708. The fourth-order valence-electron chi connectivity index (χ4n) is 3.50. The zero-order chi connectivity index (χ0) is 21.3. The summed E-state index contributed by atoms with van der Waals surface area (Å²) in [6.45, 7) is 8.54. The summed E-state index contributed by atoms with van der Waals surface area (Å²) in [5, 5.41) is 3.00. The highest BCUT2D eigenvalue weighted by atomic mass is 16.2. The van der Waals surface area contributed by atoms with Gasteiger partial charge in [0, 0.05) is 25.7 Å². The largest absolute Gasteiger partial charge is 0.351 e. The summed E-state index contributed by atoms with van der Waals surface area (Å²) >= 11 is 0. The van der Waals surface area contributed by atoms with Crippen molar-refractivity contribution in [2.45, 2.75) is 91.5 Å². The van der Waals surface area contributed by atoms with Crippen LogP contribution in [0, 0.1) is 0 Å². The summed E-state index contributed by atoms with van der Waals surface area (Å²) in [5.74, 6) is 0.00786. The average molecular weight is 405 g/mol. The topological polar surface area (TPSA) is 53.3 Å². The fourth-order valence-corrected chi connectivity index (χ4v) is 3.50. The maximum Gasteiger partial charge on any atom is 0.285 e. The highest BCUT2D eigenvalue weighted by Gasteiger charge is 2.17. The van der Waals surface area contributed by atoms with Crippen molar-refractivity contribution in [2.75, 3.05) is 19.6 Å². The molecular formula is C24H42N3O2+. The van der Waals surface area contributed by atoms with Crippen LogP contribution in [0.1, 0.15) is 95.3 Å². The van der Waals surface area contributed by atoms with E-state index in [1.807, 2.05) is 26.1 Å². The molecule has 0 aliphatic rings. The summed E-state index contributed by atoms with van der Waals surface area (Å²) in [5.41, 5.74) is 0.624. The predicted octanol–water partition coefficient (Wildman–Crippen LogP) is 4.49. The van der Waals surface area contributed by atoms with Gasteiger partial charge in [-0.1, -0.05) is 64.7 Å². The van der Waals surface area contributed by atoms with Crippen LogP contribution in [0.4, 0.5) is 0 Å². The molecule has 2 amide bonds. The minimum absolute atomic E-state index is 0.00152. The van der Waals surface area contributed by atoms with E-state index in [0.29, 0.717) is 18.7 Å². The maximum atomic E-state index is 12.4. The summed E-state index contributed by atoms with van der Waals surface area (Å²) in [7, 11) is 0. The van der Waals surface area contributed by atoms with Crippen LogP contribution in [-0.2, 0) is 11.3 Å². The van der Waals surface area contributed by atoms with Gasteiger partial charge in [0.15, 0.2) is 12.4 Å². The van der Waals surface area contributed by atoms with Gasteiger partial charge in [-0.15, -0.1) is 0 Å². The Labute approximate surface area is 177 Å². The first-order chi connectivity index (χ1) is 14.1. The summed E-state index contributed by atoms with van der Waals surface area (Å²) < 4.78 is 1.78. The number of hydrogen-bond donors (Lipinski definition) is 1. The Morgan fingerprint density at radius 1 is 0.897 bits per heavy atom. The summed E-state index contributed by atoms with van der Waals surface area (Å²) in [4.78, 5) is 26.4. The molecule has 5 heteroatoms. The average Bonchev–Trinajstić information content (AvgIpc) is 2.73. The Hall–Kier alpha value is -1.91. The number of pyridine rings is 1. The van der Waals surface area contributed by atoms with Crippen LogP contribution in [0.2, 0.25) is 0 Å². The molecule has 0 spiro atoms. The molecule has 0 saturated heterocycles. The van der Waals surface area contributed by atoms with Crippen LogP contribution in [0.5, 0.6) is 0 Å². The normalized spacial score (nSPS) is 10.7. The third-order valence-corrected chi connectivity index (χ3v) is 5.33. The number of nitrogens with one attached hydrogen (secondary N) is 1. The Kier molecular flexibility index (Phi) is 13.8. The lowest BCUT2D eigenvalue weighted by Crippen LogP contribution is -2.43. The van der Waals surface area contributed by atoms with Gasteiger partial charge in [0.1, 0.15) is 5.56 Å². The zero-order valence-corrected chi connectivity index (χ0v) is 18.9. The lowest BCUT2D eigenvalue weighted by atomic mass is 10.1. The number of carbonyl (C=O) groups is 2. The molecule has 0 bridgehead atoms. The van der Waals surface area contributed by atoms with E-state index in [9.17, 15) is 9.59 Å². The Bertz CT molecular complexity index is 585. The molecule has 0 aliphatic carbocycles. The third-order valence-electron chi connectivity index (χ3n) is 5.33. The highest BCUT2D eigenvalue weighted by molar-refractivity contribution is 5.93. The Balaban J connectivity index is 2.19. The van der Waals surface area contributed by atoms with E-state index in [4.69, 9.17) is 0 Å². The number of carbonyl (C=O) groups excluding carboxylic acids is 2. The van der Waals surface area contributed by atoms with E-state index in [1.165, 1.54) is 57.8 Å². The van der Waals surface area contributed by atoms with E-state index in [0.717, 1.165) is 13.0 Å². The second-order valence-corrected chi connectivity index (χ2v) is 7.77. The smallest absolute Gasteiger partial charge is 0.285 e. The van der Waals surface area contributed by atoms with Crippen molar-refractivity contribution in [3.63, 3.8) is 0 Å². The molecule has 29 heavy (non-hydrogen) atoms. The number of rotatable bonds is 16. The quantitative estimate of drug-likeness (QED) is 0.326. The lowest BCUT2D eigenvalue weighted by Gasteiger charge is -2.17. The molecule has 1 aromatic heterocycles. The van der Waals surface area contributed by atoms with E-state index >= 15 is 0 Å². The molecular weight excluding hydrogens is 362 g/mol. The highest BCUT2D eigenvalue weighted by Crippen LogP contribution is 2.10. The van der Waals surface area contributed by atoms with Crippen molar-refractivity contribution >= 4 is 11.8 Å². The first-order valence-electron chi connectivity index (χ1n) is 11.7. The molecule has 0 unspecified atom stereocenters. The van der Waals surface area contributed by atoms with Crippen molar-refractivity contribution in [1.29, 1.82) is 0 Å². The zero-order valence-electron chi connectivity index (χ0n) is 18.9. The van der Waals surface area contributed by atoms with Crippen molar-refractivity contribution in [2.24, 2.45) is 0 Å². The van der Waals surface area contributed by atoms with E-state index in [-0.39, 0.29) is 18.4 Å². The first-order valence-corrected chi connectivity index (χ1v) is 11.7. The molecule has 164 valence electrons. The number of nitrogens with zero attached hydrogens (tertiary/aromatic N) is 2. The molecule has 0 aromatic carbocycles. The molecule has 0 radical (unpaired) electrons. The number of amides is 2. The lowest BCUT2D eigenvalue weighted by molar-refractivity contribution is -0.684. The maximum absolute atomic E-state index is 12.4. The van der Waals surface area contributed by atoms with E-state index in [2.05, 4.69) is 12.2 Å². The van der Waals surface area contributed by atoms with Gasteiger partial charge in [-0.3, -0.25) is 9.59 Å². The van der Waals surface area contributed by atoms with Crippen molar-refractivity contribution < 1.29 is 14.2 Å². The number of aromatic nitrogens is 1. The van der Waals surface area contributed by atoms with Crippen LogP contribution < -0.4 is 9.88 Å². The first kappa shape index (κ1) is 25.1. The van der Waals surface area contributed by atoms with Gasteiger partial charge in [0.05, 0.1) is 0 Å². The van der Waals surface area contributed by atoms with Crippen molar-refractivity contribution in [3.05, 3.63) is 30.1 Å². The van der Waals surface area contributed by atoms with Crippen LogP contribution in [-0.4, -0.2) is 36.3 Å². The van der Waals surface area contributed by atoms with Crippen LogP contribution in [0.3, 0.4) is 0 Å². The van der Waals surface area contributed by atoms with Crippen molar-refractivity contribution in [1.82, 2.24) is 10.2 Å². The standard InChI is InChI=1S/C24H41N3O2/c1-4-7-8-9-10-11-12-13-14-15-18-25-23(28)21-26-19-16-17-22(20-26)24(29)27(5-2)6-3/h16-17,19-20H,4-15,18,21H2,1-3H3/p+1. The Morgan fingerprint density at radius 2 is 1.48 bits per heavy atom. The molecule has 0 atom stereocenters. The van der Waals surface area contributed by atoms with Crippen molar-refractivity contribution in [3.8, 4) is 0 Å². The second kappa shape index (κ2) is 15.9. The van der Waals surface area contributed by atoms with Gasteiger partial charge in [0.25, 0.3) is 11.8 Å². The van der Waals surface area contributed by atoms with Gasteiger partial charge in [0.2, 0.25) is 6.54 Å². The van der Waals surface area contributed by atoms with Crippen LogP contribution in [0.25, 0.3) is 0 Å². The molecule has 1 heterocycles. The molecule has 5 nitrogen and oxygen atoms in total. The molecule has 1 N–H and O–H groups in total. The van der Waals surface area contributed by atoms with Crippen LogP contribution in [0.15, 0.2) is 24.5 Å².